The largest absolute Gasteiger partial charge is 0.395 e. The topological polar surface area (TPSA) is 49.3 Å². The monoisotopic (exact) mass is 283 g/mol. The van der Waals surface area contributed by atoms with Gasteiger partial charge in [0.1, 0.15) is 0 Å². The standard InChI is InChI=1S/C18H21NO2/c20-12-4-3-6-13-5-1-2-7-16(13)18(21)19-17(14-8-9-14)15-10-11-15/h1-2,5,7,14-15,17,20H,4,8-12H2,(H,19,21). The van der Waals surface area contributed by atoms with Crippen LogP contribution >= 0.6 is 0 Å². The molecular weight excluding hydrogens is 262 g/mol. The van der Waals surface area contributed by atoms with Crippen LogP contribution in [0.4, 0.5) is 0 Å². The maximum Gasteiger partial charge on any atom is 0.252 e. The molecule has 2 aliphatic carbocycles. The van der Waals surface area contributed by atoms with E-state index in [9.17, 15) is 4.79 Å². The Hall–Kier alpha value is -1.79. The van der Waals surface area contributed by atoms with E-state index in [1.807, 2.05) is 24.3 Å². The number of rotatable bonds is 5. The Labute approximate surface area is 125 Å². The molecule has 0 radical (unpaired) electrons. The summed E-state index contributed by atoms with van der Waals surface area (Å²) in [6.07, 6.45) is 5.43. The van der Waals surface area contributed by atoms with Gasteiger partial charge in [-0.1, -0.05) is 24.0 Å². The zero-order valence-electron chi connectivity index (χ0n) is 12.1. The van der Waals surface area contributed by atoms with Gasteiger partial charge in [-0.3, -0.25) is 4.79 Å². The Kier molecular flexibility index (Phi) is 4.26. The van der Waals surface area contributed by atoms with Gasteiger partial charge in [0.2, 0.25) is 0 Å². The van der Waals surface area contributed by atoms with E-state index in [-0.39, 0.29) is 12.5 Å². The predicted octanol–water partition coefficient (Wildman–Crippen LogP) is 2.34. The number of amides is 1. The highest BCUT2D eigenvalue weighted by Crippen LogP contribution is 2.44. The molecule has 0 saturated heterocycles. The first-order valence-electron chi connectivity index (χ1n) is 7.79. The average molecular weight is 283 g/mol. The van der Waals surface area contributed by atoms with Crippen molar-refractivity contribution in [3.05, 3.63) is 35.4 Å². The molecule has 1 aromatic rings. The van der Waals surface area contributed by atoms with Gasteiger partial charge >= 0.3 is 0 Å². The van der Waals surface area contributed by atoms with E-state index in [2.05, 4.69) is 17.2 Å². The van der Waals surface area contributed by atoms with Crippen molar-refractivity contribution in [2.24, 2.45) is 11.8 Å². The zero-order valence-corrected chi connectivity index (χ0v) is 12.1. The SMILES string of the molecule is O=C(NC(C1CC1)C1CC1)c1ccccc1C#CCCO. The molecule has 3 nitrogen and oxygen atoms in total. The summed E-state index contributed by atoms with van der Waals surface area (Å²) in [5.74, 6) is 7.25. The smallest absolute Gasteiger partial charge is 0.252 e. The lowest BCUT2D eigenvalue weighted by molar-refractivity contribution is 0.0926. The first-order chi connectivity index (χ1) is 10.3. The van der Waals surface area contributed by atoms with E-state index in [0.717, 1.165) is 5.56 Å². The second-order valence-corrected chi connectivity index (χ2v) is 6.00. The Balaban J connectivity index is 1.73. The van der Waals surface area contributed by atoms with Crippen LogP contribution in [0.15, 0.2) is 24.3 Å². The van der Waals surface area contributed by atoms with Crippen molar-refractivity contribution in [1.82, 2.24) is 5.32 Å². The molecule has 0 spiro atoms. The van der Waals surface area contributed by atoms with Crippen LogP contribution in [0.1, 0.15) is 48.0 Å². The fourth-order valence-electron chi connectivity index (χ4n) is 2.76. The lowest BCUT2D eigenvalue weighted by atomic mass is 10.0. The Bertz CT molecular complexity index is 564. The molecule has 0 atom stereocenters. The summed E-state index contributed by atoms with van der Waals surface area (Å²) < 4.78 is 0. The van der Waals surface area contributed by atoms with Gasteiger partial charge in [-0.15, -0.1) is 0 Å². The first-order valence-corrected chi connectivity index (χ1v) is 7.79. The van der Waals surface area contributed by atoms with Gasteiger partial charge in [0.25, 0.3) is 5.91 Å². The first kappa shape index (κ1) is 14.2. The minimum Gasteiger partial charge on any atom is -0.395 e. The summed E-state index contributed by atoms with van der Waals surface area (Å²) in [5.41, 5.74) is 1.39. The predicted molar refractivity (Wildman–Crippen MR) is 81.7 cm³/mol. The highest BCUT2D eigenvalue weighted by Gasteiger charge is 2.42. The van der Waals surface area contributed by atoms with Crippen LogP contribution in [0.3, 0.4) is 0 Å². The average Bonchev–Trinajstić information content (AvgIpc) is 3.39. The van der Waals surface area contributed by atoms with Crippen LogP contribution in [0.25, 0.3) is 0 Å². The van der Waals surface area contributed by atoms with Crippen LogP contribution in [0.2, 0.25) is 0 Å². The maximum absolute atomic E-state index is 12.5. The summed E-state index contributed by atoms with van der Waals surface area (Å²) in [4.78, 5) is 12.5. The highest BCUT2D eigenvalue weighted by atomic mass is 16.2. The lowest BCUT2D eigenvalue weighted by Crippen LogP contribution is -2.38. The number of hydrogen-bond donors (Lipinski definition) is 2. The van der Waals surface area contributed by atoms with E-state index in [1.54, 1.807) is 0 Å². The van der Waals surface area contributed by atoms with Crippen LogP contribution < -0.4 is 5.32 Å². The summed E-state index contributed by atoms with van der Waals surface area (Å²) >= 11 is 0. The van der Waals surface area contributed by atoms with Crippen LogP contribution in [0, 0.1) is 23.7 Å². The fraction of sp³-hybridized carbons (Fsp3) is 0.500. The fourth-order valence-corrected chi connectivity index (χ4v) is 2.76. The van der Waals surface area contributed by atoms with Crippen LogP contribution in [-0.2, 0) is 0 Å². The molecule has 2 aliphatic rings. The molecule has 3 rings (SSSR count). The molecule has 0 unspecified atom stereocenters. The van der Waals surface area contributed by atoms with Crippen molar-refractivity contribution >= 4 is 5.91 Å². The zero-order chi connectivity index (χ0) is 14.7. The normalized spacial score (nSPS) is 17.2. The van der Waals surface area contributed by atoms with E-state index < -0.39 is 0 Å². The summed E-state index contributed by atoms with van der Waals surface area (Å²) in [6.45, 7) is 0.0484. The molecule has 2 fully saturated rings. The van der Waals surface area contributed by atoms with E-state index in [1.165, 1.54) is 25.7 Å². The molecule has 2 saturated carbocycles. The van der Waals surface area contributed by atoms with Crippen molar-refractivity contribution in [2.45, 2.75) is 38.1 Å². The Morgan fingerprint density at radius 1 is 1.24 bits per heavy atom. The molecule has 21 heavy (non-hydrogen) atoms. The minimum atomic E-state index is -0.00676. The molecule has 2 N–H and O–H groups in total. The van der Waals surface area contributed by atoms with Crippen molar-refractivity contribution < 1.29 is 9.90 Å². The minimum absolute atomic E-state index is 0.00676. The molecule has 0 aromatic heterocycles. The number of carbonyl (C=O) groups excluding carboxylic acids is 1. The molecule has 1 amide bonds. The Morgan fingerprint density at radius 3 is 2.52 bits per heavy atom. The molecule has 110 valence electrons. The molecular formula is C18H21NO2. The third-order valence-electron chi connectivity index (χ3n) is 4.19. The van der Waals surface area contributed by atoms with E-state index >= 15 is 0 Å². The molecule has 1 aromatic carbocycles. The molecule has 0 bridgehead atoms. The van der Waals surface area contributed by atoms with Gasteiger partial charge in [0, 0.05) is 18.0 Å². The highest BCUT2D eigenvalue weighted by molar-refractivity contribution is 5.97. The van der Waals surface area contributed by atoms with Gasteiger partial charge in [0.15, 0.2) is 0 Å². The second kappa shape index (κ2) is 6.32. The van der Waals surface area contributed by atoms with Crippen molar-refractivity contribution in [3.63, 3.8) is 0 Å². The number of hydrogen-bond acceptors (Lipinski definition) is 2. The number of aliphatic hydroxyl groups excluding tert-OH is 1. The van der Waals surface area contributed by atoms with E-state index in [4.69, 9.17) is 5.11 Å². The third kappa shape index (κ3) is 3.65. The number of benzene rings is 1. The Morgan fingerprint density at radius 2 is 1.90 bits per heavy atom. The summed E-state index contributed by atoms with van der Waals surface area (Å²) in [7, 11) is 0. The third-order valence-corrected chi connectivity index (χ3v) is 4.19. The quantitative estimate of drug-likeness (QED) is 0.815. The van der Waals surface area contributed by atoms with Crippen molar-refractivity contribution in [2.75, 3.05) is 6.61 Å². The number of aliphatic hydroxyl groups is 1. The van der Waals surface area contributed by atoms with Crippen molar-refractivity contribution in [3.8, 4) is 11.8 Å². The van der Waals surface area contributed by atoms with Gasteiger partial charge < -0.3 is 10.4 Å². The van der Waals surface area contributed by atoms with Crippen molar-refractivity contribution in [1.29, 1.82) is 0 Å². The van der Waals surface area contributed by atoms with Crippen LogP contribution in [0.5, 0.6) is 0 Å². The second-order valence-electron chi connectivity index (χ2n) is 6.00. The van der Waals surface area contributed by atoms with Gasteiger partial charge in [-0.25, -0.2) is 0 Å². The molecule has 3 heteroatoms. The van der Waals surface area contributed by atoms with Gasteiger partial charge in [0.05, 0.1) is 12.2 Å². The van der Waals surface area contributed by atoms with E-state index in [0.29, 0.717) is 29.9 Å². The molecule has 0 heterocycles. The van der Waals surface area contributed by atoms with Crippen LogP contribution in [-0.4, -0.2) is 23.7 Å². The molecule has 0 aliphatic heterocycles. The number of nitrogens with one attached hydrogen (secondary N) is 1. The maximum atomic E-state index is 12.5. The van der Waals surface area contributed by atoms with Gasteiger partial charge in [-0.05, 0) is 49.7 Å². The van der Waals surface area contributed by atoms with Gasteiger partial charge in [-0.2, -0.15) is 0 Å². The summed E-state index contributed by atoms with van der Waals surface area (Å²) in [5, 5.41) is 12.0. The lowest BCUT2D eigenvalue weighted by Gasteiger charge is -2.18. The number of carbonyl (C=O) groups is 1. The summed E-state index contributed by atoms with van der Waals surface area (Å²) in [6, 6.07) is 7.81.